The zero-order valence-corrected chi connectivity index (χ0v) is 23.8. The van der Waals surface area contributed by atoms with Crippen LogP contribution in [0, 0.1) is 3.57 Å². The van der Waals surface area contributed by atoms with E-state index in [0.29, 0.717) is 25.9 Å². The summed E-state index contributed by atoms with van der Waals surface area (Å²) >= 11 is 2.15. The second kappa shape index (κ2) is 14.8. The van der Waals surface area contributed by atoms with Gasteiger partial charge >= 0.3 is 7.12 Å². The second-order valence-electron chi connectivity index (χ2n) is 9.27. The summed E-state index contributed by atoms with van der Waals surface area (Å²) in [5.41, 5.74) is 3.18. The summed E-state index contributed by atoms with van der Waals surface area (Å²) in [7, 11) is -0.536. The van der Waals surface area contributed by atoms with Gasteiger partial charge in [-0.15, -0.1) is 0 Å². The van der Waals surface area contributed by atoms with Crippen LogP contribution in [0.4, 0.5) is 0 Å². The molecule has 1 fully saturated rings. The van der Waals surface area contributed by atoms with Crippen molar-refractivity contribution in [2.75, 3.05) is 0 Å². The van der Waals surface area contributed by atoms with E-state index < -0.39 is 18.3 Å². The van der Waals surface area contributed by atoms with Crippen molar-refractivity contribution in [1.82, 2.24) is 0 Å². The van der Waals surface area contributed by atoms with Crippen molar-refractivity contribution < 1.29 is 47.4 Å². The number of ether oxygens (including phenoxy) is 4. The molecule has 0 spiro atoms. The molecule has 0 saturated carbocycles. The quantitative estimate of drug-likeness (QED) is 0.140. The topological polar surface area (TPSA) is 124 Å². The molecule has 0 atom stereocenters. The fraction of sp³-hybridized carbons (Fsp3) is 0.385. The van der Waals surface area contributed by atoms with E-state index in [0.717, 1.165) is 31.3 Å². The third kappa shape index (κ3) is 9.41. The lowest BCUT2D eigenvalue weighted by molar-refractivity contribution is -0.130. The van der Waals surface area contributed by atoms with Gasteiger partial charge in [0.2, 0.25) is 0 Å². The van der Waals surface area contributed by atoms with Crippen molar-refractivity contribution in [3.63, 3.8) is 0 Å². The largest absolute Gasteiger partial charge is 0.494 e. The van der Waals surface area contributed by atoms with Gasteiger partial charge < -0.3 is 28.3 Å². The molecular formula is C26H30BIO10. The molecule has 3 rings (SSSR count). The Hall–Kier alpha value is -2.97. The number of rotatable bonds is 13. The number of benzene rings is 2. The van der Waals surface area contributed by atoms with E-state index in [1.807, 2.05) is 64.1 Å². The van der Waals surface area contributed by atoms with Gasteiger partial charge in [0.15, 0.2) is 0 Å². The number of halogens is 1. The molecule has 10 nitrogen and oxygen atoms in total. The predicted molar refractivity (Wildman–Crippen MR) is 145 cm³/mol. The van der Waals surface area contributed by atoms with Gasteiger partial charge in [0.1, 0.15) is 26.4 Å². The lowest BCUT2D eigenvalue weighted by atomic mass is 9.77. The molecule has 0 N–H and O–H groups in total. The van der Waals surface area contributed by atoms with Gasteiger partial charge in [0.05, 0.1) is 11.2 Å². The SMILES string of the molecule is CC1(C)OB(c2cc(COC=O)cc(COC=O)c2)OC1(C)C.O=COCc1cc(I)cc(COC=O)c1. The maximum Gasteiger partial charge on any atom is 0.494 e. The molecule has 2 aromatic carbocycles. The van der Waals surface area contributed by atoms with Crippen molar-refractivity contribution >= 4 is 61.1 Å². The third-order valence-electron chi connectivity index (χ3n) is 5.89. The number of carbonyl (C=O) groups excluding carboxylic acids is 4. The Balaban J connectivity index is 0.000000293. The van der Waals surface area contributed by atoms with Crippen molar-refractivity contribution in [3.05, 3.63) is 62.2 Å². The van der Waals surface area contributed by atoms with Gasteiger partial charge in [0.25, 0.3) is 25.9 Å². The first-order valence-corrected chi connectivity index (χ1v) is 12.6. The summed E-state index contributed by atoms with van der Waals surface area (Å²) in [5, 5.41) is 0. The summed E-state index contributed by atoms with van der Waals surface area (Å²) < 4.78 is 31.9. The molecule has 0 radical (unpaired) electrons. The van der Waals surface area contributed by atoms with Crippen LogP contribution in [0.15, 0.2) is 36.4 Å². The Bertz CT molecular complexity index is 1030. The fourth-order valence-electron chi connectivity index (χ4n) is 3.48. The van der Waals surface area contributed by atoms with Gasteiger partial charge in [0, 0.05) is 3.57 Å². The Labute approximate surface area is 235 Å². The molecule has 0 bridgehead atoms. The monoisotopic (exact) mass is 640 g/mol. The Morgan fingerprint density at radius 1 is 0.632 bits per heavy atom. The maximum atomic E-state index is 10.4. The van der Waals surface area contributed by atoms with Gasteiger partial charge in [-0.1, -0.05) is 12.1 Å². The van der Waals surface area contributed by atoms with E-state index in [1.54, 1.807) is 0 Å². The van der Waals surface area contributed by atoms with Crippen LogP contribution in [0.3, 0.4) is 0 Å². The van der Waals surface area contributed by atoms with E-state index in [9.17, 15) is 19.2 Å². The summed E-state index contributed by atoms with van der Waals surface area (Å²) in [6.07, 6.45) is 0. The van der Waals surface area contributed by atoms with Crippen molar-refractivity contribution in [2.45, 2.75) is 65.3 Å². The van der Waals surface area contributed by atoms with Crippen LogP contribution in [-0.4, -0.2) is 44.2 Å². The van der Waals surface area contributed by atoms with Gasteiger partial charge in [-0.25, -0.2) is 0 Å². The Morgan fingerprint density at radius 2 is 0.947 bits per heavy atom. The second-order valence-corrected chi connectivity index (χ2v) is 10.5. The maximum absolute atomic E-state index is 10.4. The molecule has 1 aliphatic rings. The van der Waals surface area contributed by atoms with Gasteiger partial charge in [-0.3, -0.25) is 19.2 Å². The van der Waals surface area contributed by atoms with E-state index >= 15 is 0 Å². The number of hydrogen-bond acceptors (Lipinski definition) is 10. The van der Waals surface area contributed by atoms with Gasteiger partial charge in [-0.2, -0.15) is 0 Å². The van der Waals surface area contributed by atoms with Crippen molar-refractivity contribution in [3.8, 4) is 0 Å². The minimum absolute atomic E-state index is 0.130. The highest BCUT2D eigenvalue weighted by molar-refractivity contribution is 14.1. The predicted octanol–water partition coefficient (Wildman–Crippen LogP) is 2.97. The highest BCUT2D eigenvalue weighted by Crippen LogP contribution is 2.36. The van der Waals surface area contributed by atoms with Crippen molar-refractivity contribution in [1.29, 1.82) is 0 Å². The molecule has 12 heteroatoms. The van der Waals surface area contributed by atoms with Crippen LogP contribution in [0.1, 0.15) is 49.9 Å². The summed E-state index contributed by atoms with van der Waals surface area (Å²) in [4.78, 5) is 40.9. The first-order valence-electron chi connectivity index (χ1n) is 11.5. The van der Waals surface area contributed by atoms with Crippen LogP contribution in [0.5, 0.6) is 0 Å². The lowest BCUT2D eigenvalue weighted by Crippen LogP contribution is -2.41. The smallest absolute Gasteiger partial charge is 0.463 e. The molecule has 1 aliphatic heterocycles. The third-order valence-corrected chi connectivity index (χ3v) is 6.51. The molecule has 204 valence electrons. The average molecular weight is 640 g/mol. The Morgan fingerprint density at radius 3 is 1.26 bits per heavy atom. The van der Waals surface area contributed by atoms with E-state index in [1.165, 1.54) is 0 Å². The standard InChI is InChI=1S/C16H21BO6.C10H9IO4/c1-15(2)16(3,4)23-17(22-15)14-6-12(8-20-10-18)5-13(7-14)9-21-11-19;11-10-2-8(4-14-6-12)1-9(3-10)5-15-7-13/h5-7,10-11H,8-9H2,1-4H3;1-3,6-7H,4-5H2. The number of carbonyl (C=O) groups is 4. The van der Waals surface area contributed by atoms with E-state index in [2.05, 4.69) is 32.1 Å². The molecule has 38 heavy (non-hydrogen) atoms. The van der Waals surface area contributed by atoms with Crippen LogP contribution in [0.25, 0.3) is 0 Å². The van der Waals surface area contributed by atoms with Crippen LogP contribution < -0.4 is 5.46 Å². The first-order chi connectivity index (χ1) is 18.0. The van der Waals surface area contributed by atoms with Crippen LogP contribution >= 0.6 is 22.6 Å². The first kappa shape index (κ1) is 31.3. The fourth-order valence-corrected chi connectivity index (χ4v) is 4.28. The highest BCUT2D eigenvalue weighted by atomic mass is 127. The summed E-state index contributed by atoms with van der Waals surface area (Å²) in [6.45, 7) is 10.2. The zero-order chi connectivity index (χ0) is 28.2. The minimum Gasteiger partial charge on any atom is -0.463 e. The van der Waals surface area contributed by atoms with Crippen molar-refractivity contribution in [2.24, 2.45) is 0 Å². The van der Waals surface area contributed by atoms with Crippen LogP contribution in [-0.2, 0) is 73.9 Å². The van der Waals surface area contributed by atoms with E-state index in [4.69, 9.17) is 18.8 Å². The molecule has 2 aromatic rings. The summed E-state index contributed by atoms with van der Waals surface area (Å²) in [6, 6.07) is 11.1. The molecule has 0 aromatic heterocycles. The highest BCUT2D eigenvalue weighted by Gasteiger charge is 2.51. The molecular weight excluding hydrogens is 610 g/mol. The number of hydrogen-bond donors (Lipinski definition) is 0. The molecule has 0 unspecified atom stereocenters. The molecule has 1 saturated heterocycles. The average Bonchev–Trinajstić information content (AvgIpc) is 3.10. The zero-order valence-electron chi connectivity index (χ0n) is 21.6. The lowest BCUT2D eigenvalue weighted by Gasteiger charge is -2.32. The normalized spacial score (nSPS) is 14.9. The molecule has 0 amide bonds. The Kier molecular flexibility index (Phi) is 12.2. The van der Waals surface area contributed by atoms with Crippen LogP contribution in [0.2, 0.25) is 0 Å². The molecule has 0 aliphatic carbocycles. The summed E-state index contributed by atoms with van der Waals surface area (Å²) in [5.74, 6) is 0. The van der Waals surface area contributed by atoms with Gasteiger partial charge in [-0.05, 0) is 102 Å². The van der Waals surface area contributed by atoms with E-state index in [-0.39, 0.29) is 26.4 Å². The molecule has 1 heterocycles. The minimum atomic E-state index is -0.536.